The highest BCUT2D eigenvalue weighted by molar-refractivity contribution is 7.92. The molecular weight excluding hydrogens is 403 g/mol. The van der Waals surface area contributed by atoms with Gasteiger partial charge in [0.15, 0.2) is 5.82 Å². The lowest BCUT2D eigenvalue weighted by Crippen LogP contribution is -2.48. The van der Waals surface area contributed by atoms with E-state index in [-0.39, 0.29) is 5.82 Å². The zero-order chi connectivity index (χ0) is 21.0. The maximum atomic E-state index is 13.1. The van der Waals surface area contributed by atoms with E-state index in [1.165, 1.54) is 21.8 Å². The SMILES string of the molecule is O=S(=O)(/C=C/c1ccccc1)N1CCN(c2ccc(-c3ccc(F)cc3)nn2)CC1. The Labute approximate surface area is 175 Å². The topological polar surface area (TPSA) is 66.4 Å². The monoisotopic (exact) mass is 424 g/mol. The molecular formula is C22H21FN4O2S. The van der Waals surface area contributed by atoms with Crippen LogP contribution in [0.4, 0.5) is 10.2 Å². The number of hydrogen-bond donors (Lipinski definition) is 0. The van der Waals surface area contributed by atoms with Crippen LogP contribution in [0.1, 0.15) is 5.56 Å². The summed E-state index contributed by atoms with van der Waals surface area (Å²) in [6.45, 7) is 1.82. The zero-order valence-electron chi connectivity index (χ0n) is 16.2. The van der Waals surface area contributed by atoms with E-state index in [4.69, 9.17) is 0 Å². The molecule has 1 saturated heterocycles. The van der Waals surface area contributed by atoms with Gasteiger partial charge >= 0.3 is 0 Å². The molecule has 154 valence electrons. The molecule has 6 nitrogen and oxygen atoms in total. The Hall–Kier alpha value is -3.10. The molecule has 8 heteroatoms. The summed E-state index contributed by atoms with van der Waals surface area (Å²) in [5, 5.41) is 9.75. The first-order chi connectivity index (χ1) is 14.5. The Balaban J connectivity index is 1.38. The largest absolute Gasteiger partial charge is 0.352 e. The highest BCUT2D eigenvalue weighted by atomic mass is 32.2. The van der Waals surface area contributed by atoms with Crippen LogP contribution in [0.5, 0.6) is 0 Å². The fourth-order valence-electron chi connectivity index (χ4n) is 3.25. The van der Waals surface area contributed by atoms with Crippen LogP contribution in [0.3, 0.4) is 0 Å². The van der Waals surface area contributed by atoms with Gasteiger partial charge in [0, 0.05) is 37.2 Å². The number of sulfonamides is 1. The van der Waals surface area contributed by atoms with Crippen molar-refractivity contribution in [3.05, 3.63) is 83.5 Å². The summed E-state index contributed by atoms with van der Waals surface area (Å²) in [4.78, 5) is 2.01. The van der Waals surface area contributed by atoms with Gasteiger partial charge in [0.05, 0.1) is 5.69 Å². The Bertz CT molecular complexity index is 1110. The van der Waals surface area contributed by atoms with Crippen molar-refractivity contribution >= 4 is 21.9 Å². The molecule has 0 unspecified atom stereocenters. The molecule has 0 saturated carbocycles. The van der Waals surface area contributed by atoms with E-state index in [0.29, 0.717) is 37.7 Å². The summed E-state index contributed by atoms with van der Waals surface area (Å²) in [5.74, 6) is 0.396. The smallest absolute Gasteiger partial charge is 0.236 e. The summed E-state index contributed by atoms with van der Waals surface area (Å²) >= 11 is 0. The summed E-state index contributed by atoms with van der Waals surface area (Å²) in [6, 6.07) is 19.1. The molecule has 4 rings (SSSR count). The van der Waals surface area contributed by atoms with Crippen LogP contribution in [-0.2, 0) is 10.0 Å². The number of rotatable bonds is 5. The van der Waals surface area contributed by atoms with E-state index < -0.39 is 10.0 Å². The average Bonchev–Trinajstić information content (AvgIpc) is 2.79. The van der Waals surface area contributed by atoms with Gasteiger partial charge in [0.2, 0.25) is 10.0 Å². The van der Waals surface area contributed by atoms with Gasteiger partial charge in [-0.05, 0) is 48.0 Å². The lowest BCUT2D eigenvalue weighted by atomic mass is 10.1. The highest BCUT2D eigenvalue weighted by Crippen LogP contribution is 2.20. The Morgan fingerprint density at radius 2 is 1.53 bits per heavy atom. The number of anilines is 1. The van der Waals surface area contributed by atoms with Gasteiger partial charge in [-0.1, -0.05) is 30.3 Å². The first-order valence-electron chi connectivity index (χ1n) is 9.59. The third kappa shape index (κ3) is 4.72. The third-order valence-electron chi connectivity index (χ3n) is 4.95. The number of hydrogen-bond acceptors (Lipinski definition) is 5. The van der Waals surface area contributed by atoms with Crippen LogP contribution in [0.15, 0.2) is 72.1 Å². The Kier molecular flexibility index (Phi) is 5.87. The van der Waals surface area contributed by atoms with E-state index in [0.717, 1.165) is 11.1 Å². The van der Waals surface area contributed by atoms with Crippen LogP contribution < -0.4 is 4.90 Å². The molecule has 0 N–H and O–H groups in total. The first-order valence-corrected chi connectivity index (χ1v) is 11.1. The minimum absolute atomic E-state index is 0.297. The fourth-order valence-corrected chi connectivity index (χ4v) is 4.43. The Morgan fingerprint density at radius 3 is 2.17 bits per heavy atom. The summed E-state index contributed by atoms with van der Waals surface area (Å²) in [7, 11) is -3.47. The first kappa shape index (κ1) is 20.2. The van der Waals surface area contributed by atoms with Crippen molar-refractivity contribution in [3.63, 3.8) is 0 Å². The molecule has 2 aromatic carbocycles. The fraction of sp³-hybridized carbons (Fsp3) is 0.182. The van der Waals surface area contributed by atoms with Gasteiger partial charge < -0.3 is 4.90 Å². The van der Waals surface area contributed by atoms with Crippen molar-refractivity contribution in [2.75, 3.05) is 31.1 Å². The summed E-state index contributed by atoms with van der Waals surface area (Å²) < 4.78 is 39.7. The Morgan fingerprint density at radius 1 is 0.833 bits per heavy atom. The normalized spacial score (nSPS) is 15.6. The molecule has 1 aliphatic rings. The maximum absolute atomic E-state index is 13.1. The van der Waals surface area contributed by atoms with Gasteiger partial charge in [-0.3, -0.25) is 0 Å². The zero-order valence-corrected chi connectivity index (χ0v) is 17.0. The third-order valence-corrected chi connectivity index (χ3v) is 6.51. The number of nitrogens with zero attached hydrogens (tertiary/aromatic N) is 4. The van der Waals surface area contributed by atoms with Gasteiger partial charge in [-0.2, -0.15) is 4.31 Å². The van der Waals surface area contributed by atoms with Crippen molar-refractivity contribution in [1.29, 1.82) is 0 Å². The molecule has 1 aliphatic heterocycles. The molecule has 0 radical (unpaired) electrons. The molecule has 0 amide bonds. The molecule has 0 atom stereocenters. The minimum atomic E-state index is -3.47. The second kappa shape index (κ2) is 8.73. The van der Waals surface area contributed by atoms with Crippen molar-refractivity contribution in [2.45, 2.75) is 0 Å². The lowest BCUT2D eigenvalue weighted by Gasteiger charge is -2.33. The maximum Gasteiger partial charge on any atom is 0.236 e. The predicted molar refractivity (Wildman–Crippen MR) is 116 cm³/mol. The number of piperazine rings is 1. The van der Waals surface area contributed by atoms with Crippen LogP contribution in [-0.4, -0.2) is 49.1 Å². The molecule has 1 fully saturated rings. The van der Waals surface area contributed by atoms with Gasteiger partial charge in [0.1, 0.15) is 5.82 Å². The van der Waals surface area contributed by atoms with Crippen LogP contribution in [0.2, 0.25) is 0 Å². The standard InChI is InChI=1S/C22H21FN4O2S/c23-20-8-6-19(7-9-20)21-10-11-22(25-24-21)26-13-15-27(16-14-26)30(28,29)17-12-18-4-2-1-3-5-18/h1-12,17H,13-16H2/b17-12+. The molecule has 0 bridgehead atoms. The van der Waals surface area contributed by atoms with Crippen LogP contribution >= 0.6 is 0 Å². The van der Waals surface area contributed by atoms with Crippen LogP contribution in [0, 0.1) is 5.82 Å². The average molecular weight is 425 g/mol. The van der Waals surface area contributed by atoms with E-state index in [1.54, 1.807) is 18.2 Å². The highest BCUT2D eigenvalue weighted by Gasteiger charge is 2.25. The molecule has 2 heterocycles. The molecule has 30 heavy (non-hydrogen) atoms. The number of halogens is 1. The van der Waals surface area contributed by atoms with Crippen molar-refractivity contribution in [2.24, 2.45) is 0 Å². The minimum Gasteiger partial charge on any atom is -0.352 e. The van der Waals surface area contributed by atoms with Gasteiger partial charge in [0.25, 0.3) is 0 Å². The van der Waals surface area contributed by atoms with Crippen molar-refractivity contribution in [3.8, 4) is 11.3 Å². The second-order valence-corrected chi connectivity index (χ2v) is 8.75. The molecule has 1 aromatic heterocycles. The van der Waals surface area contributed by atoms with E-state index in [9.17, 15) is 12.8 Å². The van der Waals surface area contributed by atoms with E-state index >= 15 is 0 Å². The van der Waals surface area contributed by atoms with E-state index in [1.807, 2.05) is 47.4 Å². The predicted octanol–water partition coefficient (Wildman–Crippen LogP) is 3.41. The number of aromatic nitrogens is 2. The number of benzene rings is 2. The molecule has 3 aromatic rings. The second-order valence-electron chi connectivity index (χ2n) is 6.93. The van der Waals surface area contributed by atoms with Gasteiger partial charge in [-0.25, -0.2) is 12.8 Å². The molecule has 0 aliphatic carbocycles. The van der Waals surface area contributed by atoms with Crippen molar-refractivity contribution in [1.82, 2.24) is 14.5 Å². The molecule has 0 spiro atoms. The summed E-state index contributed by atoms with van der Waals surface area (Å²) in [5.41, 5.74) is 2.29. The quantitative estimate of drug-likeness (QED) is 0.628. The summed E-state index contributed by atoms with van der Waals surface area (Å²) in [6.07, 6.45) is 1.61. The van der Waals surface area contributed by atoms with Crippen LogP contribution in [0.25, 0.3) is 17.3 Å². The van der Waals surface area contributed by atoms with Gasteiger partial charge in [-0.15, -0.1) is 10.2 Å². The van der Waals surface area contributed by atoms with E-state index in [2.05, 4.69) is 10.2 Å². The lowest BCUT2D eigenvalue weighted by molar-refractivity contribution is 0.388. The van der Waals surface area contributed by atoms with Crippen molar-refractivity contribution < 1.29 is 12.8 Å².